The van der Waals surface area contributed by atoms with Gasteiger partial charge in [0.15, 0.2) is 6.29 Å². The maximum absolute atomic E-state index is 14.5. The maximum atomic E-state index is 14.5. The van der Waals surface area contributed by atoms with Crippen LogP contribution in [0, 0.1) is 46.3 Å². The first-order valence-electron chi connectivity index (χ1n) is 13.5. The van der Waals surface area contributed by atoms with Gasteiger partial charge in [-0.2, -0.15) is 0 Å². The fourth-order valence-corrected chi connectivity index (χ4v) is 8.49. The molecule has 0 amide bonds. The van der Waals surface area contributed by atoms with E-state index in [9.17, 15) is 4.79 Å². The summed E-state index contributed by atoms with van der Waals surface area (Å²) in [4.78, 5) is 14.5. The van der Waals surface area contributed by atoms with Crippen molar-refractivity contribution in [3.05, 3.63) is 41.5 Å². The summed E-state index contributed by atoms with van der Waals surface area (Å²) in [5, 5.41) is 0. The molecule has 0 unspecified atom stereocenters. The molecule has 2 bridgehead atoms. The Bertz CT molecular complexity index is 991. The van der Waals surface area contributed by atoms with E-state index >= 15 is 0 Å². The van der Waals surface area contributed by atoms with Gasteiger partial charge in [-0.3, -0.25) is 4.79 Å². The summed E-state index contributed by atoms with van der Waals surface area (Å²) in [7, 11) is 1.68. The highest BCUT2D eigenvalue weighted by atomic mass is 16.7. The van der Waals surface area contributed by atoms with Gasteiger partial charge in [0.2, 0.25) is 0 Å². The highest BCUT2D eigenvalue weighted by Gasteiger charge is 2.70. The summed E-state index contributed by atoms with van der Waals surface area (Å²) >= 11 is 0. The SMILES string of the molecule is COc1ccc(COCC2=C[C@H]3C[C@H](C4OCCO4)C[C@]34C(=O)[C@H](C2)[C@H]2[C@@H](C[C@H]4C)C2(C)C)cc1. The van der Waals surface area contributed by atoms with E-state index in [0.29, 0.717) is 55.9 Å². The summed E-state index contributed by atoms with van der Waals surface area (Å²) in [5.41, 5.74) is 2.44. The molecule has 4 aliphatic carbocycles. The fraction of sp³-hybridized carbons (Fsp3) is 0.700. The number of methoxy groups -OCH3 is 1. The van der Waals surface area contributed by atoms with E-state index in [4.69, 9.17) is 18.9 Å². The van der Waals surface area contributed by atoms with Crippen LogP contribution in [0.1, 0.15) is 52.0 Å². The Labute approximate surface area is 209 Å². The molecule has 1 aromatic rings. The smallest absolute Gasteiger partial charge is 0.160 e. The van der Waals surface area contributed by atoms with Crippen LogP contribution >= 0.6 is 0 Å². The summed E-state index contributed by atoms with van der Waals surface area (Å²) in [5.74, 6) is 3.61. The van der Waals surface area contributed by atoms with Gasteiger partial charge in [-0.05, 0) is 78.0 Å². The molecule has 1 saturated heterocycles. The van der Waals surface area contributed by atoms with Crippen LogP contribution in [0.15, 0.2) is 35.9 Å². The van der Waals surface area contributed by atoms with Crippen molar-refractivity contribution in [2.45, 2.75) is 59.4 Å². The van der Waals surface area contributed by atoms with Gasteiger partial charge >= 0.3 is 0 Å². The van der Waals surface area contributed by atoms with Crippen molar-refractivity contribution in [3.8, 4) is 5.75 Å². The zero-order valence-corrected chi connectivity index (χ0v) is 21.6. The molecule has 1 heterocycles. The molecule has 5 heteroatoms. The second kappa shape index (κ2) is 8.71. The first kappa shape index (κ1) is 23.7. The van der Waals surface area contributed by atoms with E-state index in [2.05, 4.69) is 39.0 Å². The second-order valence-electron chi connectivity index (χ2n) is 12.4. The number of allylic oxidation sites excluding steroid dienone is 1. The summed E-state index contributed by atoms with van der Waals surface area (Å²) in [6, 6.07) is 8.05. The Morgan fingerprint density at radius 2 is 1.80 bits per heavy atom. The molecule has 7 atom stereocenters. The second-order valence-corrected chi connectivity index (χ2v) is 12.4. The molecule has 1 aliphatic heterocycles. The van der Waals surface area contributed by atoms with Crippen molar-refractivity contribution < 1.29 is 23.7 Å². The van der Waals surface area contributed by atoms with Gasteiger partial charge in [-0.1, -0.05) is 39.0 Å². The van der Waals surface area contributed by atoms with Crippen molar-refractivity contribution in [1.82, 2.24) is 0 Å². The number of fused-ring (bicyclic) bond motifs is 3. The minimum Gasteiger partial charge on any atom is -0.497 e. The molecule has 4 fully saturated rings. The molecule has 0 radical (unpaired) electrons. The van der Waals surface area contributed by atoms with Crippen molar-refractivity contribution >= 4 is 5.78 Å². The molecule has 0 N–H and O–H groups in total. The fourth-order valence-electron chi connectivity index (χ4n) is 8.49. The van der Waals surface area contributed by atoms with E-state index in [-0.39, 0.29) is 29.0 Å². The zero-order chi connectivity index (χ0) is 24.4. The van der Waals surface area contributed by atoms with Crippen LogP contribution in [0.2, 0.25) is 0 Å². The van der Waals surface area contributed by atoms with Gasteiger partial charge in [-0.25, -0.2) is 0 Å². The molecule has 5 aliphatic rings. The summed E-state index contributed by atoms with van der Waals surface area (Å²) < 4.78 is 23.4. The lowest BCUT2D eigenvalue weighted by Gasteiger charge is -2.39. The third-order valence-corrected chi connectivity index (χ3v) is 10.3. The molecule has 0 aromatic heterocycles. The molecular weight excluding hydrogens is 440 g/mol. The molecule has 190 valence electrons. The molecule has 1 aromatic carbocycles. The Balaban J connectivity index is 1.26. The average molecular weight is 481 g/mol. The Kier molecular flexibility index (Phi) is 5.89. The Morgan fingerprint density at radius 3 is 2.51 bits per heavy atom. The van der Waals surface area contributed by atoms with Crippen LogP contribution in [-0.4, -0.2) is 39.0 Å². The number of ketones is 1. The zero-order valence-electron chi connectivity index (χ0n) is 21.6. The minimum absolute atomic E-state index is 0.116. The molecule has 3 saturated carbocycles. The van der Waals surface area contributed by atoms with Gasteiger partial charge in [0, 0.05) is 17.3 Å². The predicted molar refractivity (Wildman–Crippen MR) is 133 cm³/mol. The van der Waals surface area contributed by atoms with Gasteiger partial charge in [0.1, 0.15) is 11.5 Å². The highest BCUT2D eigenvalue weighted by molar-refractivity contribution is 5.90. The number of ether oxygens (including phenoxy) is 4. The number of carbonyl (C=O) groups excluding carboxylic acids is 1. The van der Waals surface area contributed by atoms with Gasteiger partial charge < -0.3 is 18.9 Å². The van der Waals surface area contributed by atoms with Crippen molar-refractivity contribution in [1.29, 1.82) is 0 Å². The third kappa shape index (κ3) is 3.81. The topological polar surface area (TPSA) is 54.0 Å². The molecule has 35 heavy (non-hydrogen) atoms. The van der Waals surface area contributed by atoms with E-state index < -0.39 is 0 Å². The van der Waals surface area contributed by atoms with Crippen LogP contribution in [0.4, 0.5) is 0 Å². The van der Waals surface area contributed by atoms with E-state index in [1.807, 2.05) is 12.1 Å². The van der Waals surface area contributed by atoms with Gasteiger partial charge in [0.05, 0.1) is 33.5 Å². The average Bonchev–Trinajstić information content (AvgIpc) is 3.24. The van der Waals surface area contributed by atoms with Crippen LogP contribution < -0.4 is 4.74 Å². The van der Waals surface area contributed by atoms with Gasteiger partial charge in [-0.15, -0.1) is 0 Å². The Hall–Kier alpha value is -1.69. The number of carbonyl (C=O) groups is 1. The van der Waals surface area contributed by atoms with Crippen LogP contribution in [-0.2, 0) is 25.6 Å². The normalized spacial score (nSPS) is 39.9. The first-order chi connectivity index (χ1) is 16.8. The van der Waals surface area contributed by atoms with Crippen molar-refractivity contribution in [3.63, 3.8) is 0 Å². The maximum Gasteiger partial charge on any atom is 0.160 e. The predicted octanol–water partition coefficient (Wildman–Crippen LogP) is 5.42. The minimum atomic E-state index is -0.272. The number of hydrogen-bond acceptors (Lipinski definition) is 5. The molecule has 1 spiro atoms. The lowest BCUT2D eigenvalue weighted by molar-refractivity contribution is -0.139. The van der Waals surface area contributed by atoms with E-state index in [0.717, 1.165) is 30.6 Å². The quantitative estimate of drug-likeness (QED) is 0.509. The number of rotatable bonds is 6. The highest BCUT2D eigenvalue weighted by Crippen LogP contribution is 2.72. The van der Waals surface area contributed by atoms with Crippen LogP contribution in [0.25, 0.3) is 0 Å². The number of Topliss-reactive ketones (excluding diaryl/α,β-unsaturated/α-hetero) is 1. The monoisotopic (exact) mass is 480 g/mol. The summed E-state index contributed by atoms with van der Waals surface area (Å²) in [6.45, 7) is 9.61. The standard InChI is InChI=1S/C30H40O5/c1-18-11-25-26(29(25,2)3)24-13-20(17-33-16-19-5-7-23(32-4)8-6-19)12-22-14-21(28-34-9-10-35-28)15-30(18,22)27(24)31/h5-8,12,18,21-22,24-26,28H,9-11,13-17H2,1-4H3/t18-,21+,22+,24-,25-,26+,30-/m1/s1. The largest absolute Gasteiger partial charge is 0.497 e. The third-order valence-electron chi connectivity index (χ3n) is 10.3. The van der Waals surface area contributed by atoms with Gasteiger partial charge in [0.25, 0.3) is 0 Å². The Morgan fingerprint density at radius 1 is 1.06 bits per heavy atom. The number of hydrogen-bond donors (Lipinski definition) is 0. The van der Waals surface area contributed by atoms with E-state index in [1.54, 1.807) is 7.11 Å². The summed E-state index contributed by atoms with van der Waals surface area (Å²) in [6.07, 6.45) is 6.23. The molecule has 5 nitrogen and oxygen atoms in total. The lowest BCUT2D eigenvalue weighted by Crippen LogP contribution is -2.43. The van der Waals surface area contributed by atoms with Crippen molar-refractivity contribution in [2.24, 2.45) is 46.3 Å². The lowest BCUT2D eigenvalue weighted by atomic mass is 9.62. The number of benzene rings is 1. The molecular formula is C30H40O5. The molecule has 6 rings (SSSR count). The van der Waals surface area contributed by atoms with E-state index in [1.165, 1.54) is 12.0 Å². The first-order valence-corrected chi connectivity index (χ1v) is 13.5. The van der Waals surface area contributed by atoms with Crippen molar-refractivity contribution in [2.75, 3.05) is 26.9 Å². The van der Waals surface area contributed by atoms with Crippen LogP contribution in [0.3, 0.4) is 0 Å². The van der Waals surface area contributed by atoms with Crippen LogP contribution in [0.5, 0.6) is 5.75 Å².